The minimum atomic E-state index is -1.49. The van der Waals surface area contributed by atoms with Crippen molar-refractivity contribution in [3.8, 4) is 22.9 Å². The van der Waals surface area contributed by atoms with Crippen LogP contribution in [0.5, 0.6) is 11.5 Å². The van der Waals surface area contributed by atoms with Crippen molar-refractivity contribution < 1.29 is 19.1 Å². The number of anilines is 2. The zero-order chi connectivity index (χ0) is 27.6. The lowest BCUT2D eigenvalue weighted by Crippen LogP contribution is -2.51. The Morgan fingerprint density at radius 2 is 1.79 bits per heavy atom. The molecule has 39 heavy (non-hydrogen) atoms. The summed E-state index contributed by atoms with van der Waals surface area (Å²) in [5, 5.41) is 3.48. The first-order valence-corrected chi connectivity index (χ1v) is 13.0. The van der Waals surface area contributed by atoms with E-state index in [0.717, 1.165) is 5.56 Å². The number of rotatable bonds is 5. The summed E-state index contributed by atoms with van der Waals surface area (Å²) in [6.07, 6.45) is 0. The molecule has 3 heterocycles. The summed E-state index contributed by atoms with van der Waals surface area (Å²) in [4.78, 5) is 35.1. The van der Waals surface area contributed by atoms with Gasteiger partial charge in [-0.15, -0.1) is 0 Å². The van der Waals surface area contributed by atoms with Gasteiger partial charge in [0.15, 0.2) is 11.2 Å². The first kappa shape index (κ1) is 25.0. The fourth-order valence-corrected chi connectivity index (χ4v) is 5.95. The number of ether oxygens (including phenoxy) is 2. The summed E-state index contributed by atoms with van der Waals surface area (Å²) in [6.45, 7) is 5.96. The Morgan fingerprint density at radius 1 is 1.00 bits per heavy atom. The standard InChI is InChI=1S/C30H27ClN4O4/c1-16(2)34-26-25(33-27(34)21-11-10-20(38-4)15-24(21)39-5)28(36)35(19-8-6-7-17(3)13-19)30(26)22-12-9-18(31)14-23(22)32-29(30)37/h6-16H,1-5H3,(H,32,37). The summed E-state index contributed by atoms with van der Waals surface area (Å²) in [7, 11) is 3.16. The molecule has 2 amide bonds. The molecular weight excluding hydrogens is 516 g/mol. The van der Waals surface area contributed by atoms with Crippen LogP contribution in [0, 0.1) is 6.92 Å². The Kier molecular flexibility index (Phi) is 5.69. The molecule has 0 fully saturated rings. The van der Waals surface area contributed by atoms with Crippen molar-refractivity contribution in [2.45, 2.75) is 32.4 Å². The third kappa shape index (κ3) is 3.41. The highest BCUT2D eigenvalue weighted by Gasteiger charge is 2.64. The summed E-state index contributed by atoms with van der Waals surface area (Å²) in [5.74, 6) is 0.997. The van der Waals surface area contributed by atoms with E-state index in [1.165, 1.54) is 0 Å². The molecule has 3 aromatic carbocycles. The van der Waals surface area contributed by atoms with E-state index in [1.54, 1.807) is 37.3 Å². The molecule has 0 saturated carbocycles. The highest BCUT2D eigenvalue weighted by Crippen LogP contribution is 2.54. The zero-order valence-electron chi connectivity index (χ0n) is 22.2. The van der Waals surface area contributed by atoms with Gasteiger partial charge in [0.1, 0.15) is 17.3 Å². The van der Waals surface area contributed by atoms with E-state index in [0.29, 0.717) is 50.5 Å². The average Bonchev–Trinajstić information content (AvgIpc) is 3.52. The lowest BCUT2D eigenvalue weighted by Gasteiger charge is -2.36. The third-order valence-corrected chi connectivity index (χ3v) is 7.60. The monoisotopic (exact) mass is 542 g/mol. The molecular formula is C30H27ClN4O4. The molecule has 1 spiro atoms. The predicted octanol–water partition coefficient (Wildman–Crippen LogP) is 5.97. The number of fused-ring (bicyclic) bond motifs is 4. The number of hydrogen-bond donors (Lipinski definition) is 1. The number of halogens is 1. The summed E-state index contributed by atoms with van der Waals surface area (Å²) >= 11 is 6.32. The first-order chi connectivity index (χ1) is 18.7. The van der Waals surface area contributed by atoms with Crippen molar-refractivity contribution in [3.05, 3.63) is 88.2 Å². The van der Waals surface area contributed by atoms with Crippen molar-refractivity contribution in [1.82, 2.24) is 9.55 Å². The van der Waals surface area contributed by atoms with Crippen LogP contribution in [0.2, 0.25) is 5.02 Å². The Balaban J connectivity index is 1.71. The van der Waals surface area contributed by atoms with Crippen LogP contribution in [0.1, 0.15) is 47.2 Å². The van der Waals surface area contributed by atoms with E-state index in [4.69, 9.17) is 26.1 Å². The quantitative estimate of drug-likeness (QED) is 0.336. The molecule has 1 atom stereocenters. The molecule has 8 nitrogen and oxygen atoms in total. The van der Waals surface area contributed by atoms with Crippen molar-refractivity contribution >= 4 is 34.8 Å². The van der Waals surface area contributed by atoms with Gasteiger partial charge in [0, 0.05) is 34.1 Å². The maximum atomic E-state index is 14.4. The molecule has 2 aliphatic heterocycles. The molecule has 6 rings (SSSR count). The molecule has 0 bridgehead atoms. The van der Waals surface area contributed by atoms with Crippen LogP contribution in [0.15, 0.2) is 60.7 Å². The van der Waals surface area contributed by atoms with E-state index in [2.05, 4.69) is 5.32 Å². The zero-order valence-corrected chi connectivity index (χ0v) is 23.0. The second-order valence-electron chi connectivity index (χ2n) is 10.00. The smallest absolute Gasteiger partial charge is 0.280 e. The Labute approximate surface area is 231 Å². The molecule has 0 radical (unpaired) electrons. The molecule has 198 valence electrons. The van der Waals surface area contributed by atoms with Crippen LogP contribution in [0.3, 0.4) is 0 Å². The van der Waals surface area contributed by atoms with Crippen molar-refractivity contribution in [1.29, 1.82) is 0 Å². The number of hydrogen-bond acceptors (Lipinski definition) is 5. The number of aromatic nitrogens is 2. The molecule has 2 aliphatic rings. The van der Waals surface area contributed by atoms with Gasteiger partial charge in [-0.05, 0) is 62.7 Å². The fourth-order valence-electron chi connectivity index (χ4n) is 5.77. The minimum Gasteiger partial charge on any atom is -0.497 e. The highest BCUT2D eigenvalue weighted by atomic mass is 35.5. The largest absolute Gasteiger partial charge is 0.497 e. The fraction of sp³-hybridized carbons (Fsp3) is 0.233. The van der Waals surface area contributed by atoms with Crippen molar-refractivity contribution in [2.24, 2.45) is 0 Å². The lowest BCUT2D eigenvalue weighted by atomic mass is 9.87. The molecule has 4 aromatic rings. The second-order valence-corrected chi connectivity index (χ2v) is 10.4. The number of carbonyl (C=O) groups is 2. The topological polar surface area (TPSA) is 85.7 Å². The summed E-state index contributed by atoms with van der Waals surface area (Å²) < 4.78 is 13.0. The second kappa shape index (κ2) is 8.88. The lowest BCUT2D eigenvalue weighted by molar-refractivity contribution is -0.119. The Hall–Kier alpha value is -4.30. The van der Waals surface area contributed by atoms with Crippen LogP contribution in [-0.2, 0) is 10.3 Å². The highest BCUT2D eigenvalue weighted by molar-refractivity contribution is 6.31. The van der Waals surface area contributed by atoms with Gasteiger partial charge >= 0.3 is 0 Å². The minimum absolute atomic E-state index is 0.158. The maximum absolute atomic E-state index is 14.4. The summed E-state index contributed by atoms with van der Waals surface area (Å²) in [5.41, 5.74) is 2.69. The van der Waals surface area contributed by atoms with Crippen molar-refractivity contribution in [2.75, 3.05) is 24.4 Å². The number of carbonyl (C=O) groups excluding carboxylic acids is 2. The number of imidazole rings is 1. The molecule has 0 saturated heterocycles. The number of benzene rings is 3. The van der Waals surface area contributed by atoms with E-state index in [9.17, 15) is 9.59 Å². The van der Waals surface area contributed by atoms with E-state index >= 15 is 0 Å². The average molecular weight is 543 g/mol. The van der Waals surface area contributed by atoms with E-state index in [-0.39, 0.29) is 23.6 Å². The molecule has 1 N–H and O–H groups in total. The third-order valence-electron chi connectivity index (χ3n) is 7.37. The number of nitrogens with one attached hydrogen (secondary N) is 1. The van der Waals surface area contributed by atoms with Gasteiger partial charge in [0.05, 0.1) is 25.5 Å². The number of methoxy groups -OCH3 is 2. The van der Waals surface area contributed by atoms with Crippen LogP contribution in [0.25, 0.3) is 11.4 Å². The van der Waals surface area contributed by atoms with Crippen LogP contribution < -0.4 is 19.7 Å². The maximum Gasteiger partial charge on any atom is 0.280 e. The number of amides is 2. The molecule has 9 heteroatoms. The van der Waals surface area contributed by atoms with Gasteiger partial charge in [-0.1, -0.05) is 29.8 Å². The van der Waals surface area contributed by atoms with Gasteiger partial charge in [0.25, 0.3) is 11.8 Å². The number of nitrogens with zero attached hydrogens (tertiary/aromatic N) is 3. The number of aryl methyl sites for hydroxylation is 1. The summed E-state index contributed by atoms with van der Waals surface area (Å²) in [6, 6.07) is 18.1. The van der Waals surface area contributed by atoms with Gasteiger partial charge in [-0.25, -0.2) is 4.98 Å². The first-order valence-electron chi connectivity index (χ1n) is 12.6. The van der Waals surface area contributed by atoms with Gasteiger partial charge in [-0.3, -0.25) is 14.5 Å². The SMILES string of the molecule is COc1ccc(-c2nc3c(n2C(C)C)C2(C(=O)Nc4cc(Cl)ccc42)N(c2cccc(C)c2)C3=O)c(OC)c1. The van der Waals surface area contributed by atoms with Gasteiger partial charge < -0.3 is 19.4 Å². The molecule has 0 aliphatic carbocycles. The van der Waals surface area contributed by atoms with Crippen LogP contribution in [0.4, 0.5) is 11.4 Å². The molecule has 1 unspecified atom stereocenters. The Morgan fingerprint density at radius 3 is 2.49 bits per heavy atom. The van der Waals surface area contributed by atoms with Crippen LogP contribution >= 0.6 is 11.6 Å². The van der Waals surface area contributed by atoms with E-state index in [1.807, 2.05) is 67.8 Å². The normalized spacial score (nSPS) is 17.6. The Bertz CT molecular complexity index is 1680. The van der Waals surface area contributed by atoms with E-state index < -0.39 is 5.54 Å². The molecule has 1 aromatic heterocycles. The van der Waals surface area contributed by atoms with Crippen LogP contribution in [-0.4, -0.2) is 35.6 Å². The van der Waals surface area contributed by atoms with Crippen molar-refractivity contribution in [3.63, 3.8) is 0 Å². The van der Waals surface area contributed by atoms with Gasteiger partial charge in [-0.2, -0.15) is 0 Å². The van der Waals surface area contributed by atoms with Gasteiger partial charge in [0.2, 0.25) is 0 Å². The predicted molar refractivity (Wildman–Crippen MR) is 150 cm³/mol.